The number of aromatic nitrogens is 1. The second kappa shape index (κ2) is 5.17. The molecular formula is C15H15ClN2O. The van der Waals surface area contributed by atoms with E-state index in [-0.39, 0.29) is 11.9 Å². The molecule has 4 heteroatoms. The molecule has 1 fully saturated rings. The zero-order valence-corrected chi connectivity index (χ0v) is 11.3. The Bertz CT molecular complexity index is 609. The van der Waals surface area contributed by atoms with Crippen molar-refractivity contribution < 1.29 is 4.79 Å². The Balaban J connectivity index is 2.02. The van der Waals surface area contributed by atoms with Crippen molar-refractivity contribution in [2.45, 2.75) is 18.9 Å². The number of rotatable bonds is 2. The van der Waals surface area contributed by atoms with Crippen LogP contribution in [0.4, 0.5) is 0 Å². The molecule has 0 saturated carbocycles. The predicted octanol–water partition coefficient (Wildman–Crippen LogP) is 3.08. The Labute approximate surface area is 117 Å². The predicted molar refractivity (Wildman–Crippen MR) is 76.5 cm³/mol. The second-order valence-electron chi connectivity index (χ2n) is 4.82. The van der Waals surface area contributed by atoms with Gasteiger partial charge < -0.3 is 4.90 Å². The summed E-state index contributed by atoms with van der Waals surface area (Å²) in [5.74, 6) is 0.580. The van der Waals surface area contributed by atoms with Crippen molar-refractivity contribution in [3.8, 4) is 0 Å². The number of fused-ring (bicyclic) bond motifs is 1. The van der Waals surface area contributed by atoms with Gasteiger partial charge in [-0.3, -0.25) is 9.78 Å². The minimum absolute atomic E-state index is 0.0711. The van der Waals surface area contributed by atoms with E-state index in [4.69, 9.17) is 11.6 Å². The topological polar surface area (TPSA) is 33.2 Å². The summed E-state index contributed by atoms with van der Waals surface area (Å²) in [5.41, 5.74) is 1.58. The molecule has 3 rings (SSSR count). The molecule has 2 aromatic rings. The molecule has 0 radical (unpaired) electrons. The standard InChI is InChI=1S/C15H15ClN2O/c16-10-11-4-3-9-18(11)15(19)13-7-8-17-14-6-2-1-5-12(13)14/h1-2,5-8,11H,3-4,9-10H2. The number of nitrogens with zero attached hydrogens (tertiary/aromatic N) is 2. The number of halogens is 1. The molecule has 19 heavy (non-hydrogen) atoms. The summed E-state index contributed by atoms with van der Waals surface area (Å²) in [7, 11) is 0. The first kappa shape index (κ1) is 12.4. The number of likely N-dealkylation sites (tertiary alicyclic amines) is 1. The Morgan fingerprint density at radius 3 is 3.05 bits per heavy atom. The van der Waals surface area contributed by atoms with Crippen LogP contribution in [-0.4, -0.2) is 34.3 Å². The van der Waals surface area contributed by atoms with Gasteiger partial charge in [-0.15, -0.1) is 11.6 Å². The molecule has 1 aliphatic rings. The van der Waals surface area contributed by atoms with Crippen molar-refractivity contribution in [3.63, 3.8) is 0 Å². The number of amides is 1. The maximum atomic E-state index is 12.7. The highest BCUT2D eigenvalue weighted by molar-refractivity contribution is 6.18. The molecule has 0 bridgehead atoms. The van der Waals surface area contributed by atoms with Crippen LogP contribution in [0, 0.1) is 0 Å². The van der Waals surface area contributed by atoms with Gasteiger partial charge in [0.05, 0.1) is 11.1 Å². The Morgan fingerprint density at radius 2 is 2.21 bits per heavy atom. The lowest BCUT2D eigenvalue weighted by molar-refractivity contribution is 0.0751. The fourth-order valence-corrected chi connectivity index (χ4v) is 3.02. The third kappa shape index (κ3) is 2.19. The van der Waals surface area contributed by atoms with Crippen LogP contribution in [0.1, 0.15) is 23.2 Å². The first-order valence-electron chi connectivity index (χ1n) is 6.52. The largest absolute Gasteiger partial charge is 0.334 e. The monoisotopic (exact) mass is 274 g/mol. The fourth-order valence-electron chi connectivity index (χ4n) is 2.70. The van der Waals surface area contributed by atoms with E-state index >= 15 is 0 Å². The summed E-state index contributed by atoms with van der Waals surface area (Å²) >= 11 is 5.95. The molecule has 1 aromatic carbocycles. The molecule has 1 atom stereocenters. The van der Waals surface area contributed by atoms with Crippen LogP contribution in [0.25, 0.3) is 10.9 Å². The van der Waals surface area contributed by atoms with Gasteiger partial charge in [-0.2, -0.15) is 0 Å². The average Bonchev–Trinajstić information content (AvgIpc) is 2.94. The number of hydrogen-bond acceptors (Lipinski definition) is 2. The van der Waals surface area contributed by atoms with Gasteiger partial charge in [0.1, 0.15) is 0 Å². The van der Waals surface area contributed by atoms with Gasteiger partial charge in [0.15, 0.2) is 0 Å². The molecule has 0 N–H and O–H groups in total. The fraction of sp³-hybridized carbons (Fsp3) is 0.333. The molecular weight excluding hydrogens is 260 g/mol. The number of pyridine rings is 1. The first-order valence-corrected chi connectivity index (χ1v) is 7.05. The molecule has 98 valence electrons. The summed E-state index contributed by atoms with van der Waals surface area (Å²) in [6.45, 7) is 0.798. The Kier molecular flexibility index (Phi) is 3.38. The summed E-state index contributed by atoms with van der Waals surface area (Å²) in [6.07, 6.45) is 3.73. The van der Waals surface area contributed by atoms with Crippen molar-refractivity contribution >= 4 is 28.4 Å². The van der Waals surface area contributed by atoms with Crippen molar-refractivity contribution in [2.24, 2.45) is 0 Å². The molecule has 0 aliphatic carbocycles. The third-order valence-electron chi connectivity index (χ3n) is 3.70. The number of carbonyl (C=O) groups excluding carboxylic acids is 1. The van der Waals surface area contributed by atoms with Gasteiger partial charge in [0.25, 0.3) is 5.91 Å². The molecule has 1 aliphatic heterocycles. The van der Waals surface area contributed by atoms with Crippen LogP contribution in [-0.2, 0) is 0 Å². The van der Waals surface area contributed by atoms with E-state index in [1.165, 1.54) is 0 Å². The summed E-state index contributed by atoms with van der Waals surface area (Å²) in [5, 5.41) is 0.912. The van der Waals surface area contributed by atoms with Gasteiger partial charge in [-0.1, -0.05) is 18.2 Å². The van der Waals surface area contributed by atoms with E-state index in [9.17, 15) is 4.79 Å². The first-order chi connectivity index (χ1) is 9.31. The van der Waals surface area contributed by atoms with Crippen LogP contribution in [0.2, 0.25) is 0 Å². The summed E-state index contributed by atoms with van der Waals surface area (Å²) in [6, 6.07) is 9.70. The van der Waals surface area contributed by atoms with Crippen LogP contribution in [0.15, 0.2) is 36.5 Å². The maximum absolute atomic E-state index is 12.7. The SMILES string of the molecule is O=C(c1ccnc2ccccc12)N1CCCC1CCl. The van der Waals surface area contributed by atoms with Crippen LogP contribution in [0.5, 0.6) is 0 Å². The van der Waals surface area contributed by atoms with Crippen molar-refractivity contribution in [3.05, 3.63) is 42.1 Å². The highest BCUT2D eigenvalue weighted by atomic mass is 35.5. The number of carbonyl (C=O) groups is 1. The lowest BCUT2D eigenvalue weighted by Gasteiger charge is -2.23. The van der Waals surface area contributed by atoms with Crippen molar-refractivity contribution in [1.82, 2.24) is 9.88 Å². The van der Waals surface area contributed by atoms with E-state index in [0.717, 1.165) is 35.9 Å². The van der Waals surface area contributed by atoms with E-state index in [0.29, 0.717) is 5.88 Å². The molecule has 0 spiro atoms. The van der Waals surface area contributed by atoms with Crippen LogP contribution >= 0.6 is 11.6 Å². The lowest BCUT2D eigenvalue weighted by atomic mass is 10.1. The Morgan fingerprint density at radius 1 is 1.37 bits per heavy atom. The van der Waals surface area contributed by atoms with E-state index in [1.807, 2.05) is 29.2 Å². The van der Waals surface area contributed by atoms with E-state index < -0.39 is 0 Å². The van der Waals surface area contributed by atoms with Crippen molar-refractivity contribution in [2.75, 3.05) is 12.4 Å². The lowest BCUT2D eigenvalue weighted by Crippen LogP contribution is -2.36. The summed E-state index contributed by atoms with van der Waals surface area (Å²) < 4.78 is 0. The van der Waals surface area contributed by atoms with Gasteiger partial charge in [-0.05, 0) is 25.0 Å². The smallest absolute Gasteiger partial charge is 0.254 e. The van der Waals surface area contributed by atoms with Crippen molar-refractivity contribution in [1.29, 1.82) is 0 Å². The molecule has 1 saturated heterocycles. The normalized spacial score (nSPS) is 19.0. The van der Waals surface area contributed by atoms with Gasteiger partial charge >= 0.3 is 0 Å². The van der Waals surface area contributed by atoms with Crippen LogP contribution in [0.3, 0.4) is 0 Å². The van der Waals surface area contributed by atoms with Gasteiger partial charge in [-0.25, -0.2) is 0 Å². The zero-order chi connectivity index (χ0) is 13.2. The zero-order valence-electron chi connectivity index (χ0n) is 10.6. The third-order valence-corrected chi connectivity index (χ3v) is 4.05. The van der Waals surface area contributed by atoms with Gasteiger partial charge in [0, 0.05) is 30.0 Å². The quantitative estimate of drug-likeness (QED) is 0.789. The average molecular weight is 275 g/mol. The molecule has 1 amide bonds. The maximum Gasteiger partial charge on any atom is 0.254 e. The van der Waals surface area contributed by atoms with E-state index in [2.05, 4.69) is 4.98 Å². The van der Waals surface area contributed by atoms with Gasteiger partial charge in [0.2, 0.25) is 0 Å². The highest BCUT2D eigenvalue weighted by Crippen LogP contribution is 2.24. The number of para-hydroxylation sites is 1. The van der Waals surface area contributed by atoms with E-state index in [1.54, 1.807) is 12.3 Å². The molecule has 1 aromatic heterocycles. The molecule has 2 heterocycles. The molecule has 1 unspecified atom stereocenters. The number of alkyl halides is 1. The van der Waals surface area contributed by atoms with Crippen LogP contribution < -0.4 is 0 Å². The highest BCUT2D eigenvalue weighted by Gasteiger charge is 2.29. The minimum Gasteiger partial charge on any atom is -0.334 e. The second-order valence-corrected chi connectivity index (χ2v) is 5.13. The Hall–Kier alpha value is -1.61. The molecule has 3 nitrogen and oxygen atoms in total. The number of benzene rings is 1. The summed E-state index contributed by atoms with van der Waals surface area (Å²) in [4.78, 5) is 18.9. The minimum atomic E-state index is 0.0711. The number of hydrogen-bond donors (Lipinski definition) is 0.